The van der Waals surface area contributed by atoms with Crippen LogP contribution in [0.1, 0.15) is 31.4 Å². The Labute approximate surface area is 120 Å². The van der Waals surface area contributed by atoms with Crippen LogP contribution in [0.15, 0.2) is 17.0 Å². The summed E-state index contributed by atoms with van der Waals surface area (Å²) in [5, 5.41) is 3.22. The zero-order chi connectivity index (χ0) is 15.3. The average Bonchev–Trinajstić information content (AvgIpc) is 2.25. The maximum Gasteiger partial charge on any atom is 0.241 e. The third-order valence-electron chi connectivity index (χ3n) is 2.89. The van der Waals surface area contributed by atoms with Crippen molar-refractivity contribution >= 4 is 10.0 Å². The van der Waals surface area contributed by atoms with Crippen molar-refractivity contribution in [2.45, 2.75) is 45.1 Å². The molecule has 0 saturated heterocycles. The fourth-order valence-corrected chi connectivity index (χ4v) is 3.60. The van der Waals surface area contributed by atoms with Crippen molar-refractivity contribution in [2.24, 2.45) is 0 Å². The summed E-state index contributed by atoms with van der Waals surface area (Å²) in [6.07, 6.45) is 0.705. The maximum absolute atomic E-state index is 13.2. The van der Waals surface area contributed by atoms with Gasteiger partial charge in [-0.25, -0.2) is 17.5 Å². The second-order valence-electron chi connectivity index (χ2n) is 5.23. The molecule has 1 rings (SSSR count). The number of hydrogen-bond acceptors (Lipinski definition) is 3. The first kappa shape index (κ1) is 17.1. The van der Waals surface area contributed by atoms with E-state index in [-0.39, 0.29) is 4.90 Å². The van der Waals surface area contributed by atoms with Gasteiger partial charge in [0.1, 0.15) is 5.82 Å². The summed E-state index contributed by atoms with van der Waals surface area (Å²) in [5.74, 6) is -0.417. The summed E-state index contributed by atoms with van der Waals surface area (Å²) in [4.78, 5) is 0.177. The Kier molecular flexibility index (Phi) is 6.10. The fourth-order valence-electron chi connectivity index (χ4n) is 2.08. The molecule has 2 N–H and O–H groups in total. The molecular formula is C14H23FN2O2S. The van der Waals surface area contributed by atoms with E-state index in [1.807, 2.05) is 13.8 Å². The number of sulfonamides is 1. The SMILES string of the molecule is Cc1cc(F)cc(C)c1S(=O)(=O)NCCCNC(C)C. The van der Waals surface area contributed by atoms with Crippen molar-refractivity contribution in [3.05, 3.63) is 29.1 Å². The molecular weight excluding hydrogens is 279 g/mol. The van der Waals surface area contributed by atoms with Crippen molar-refractivity contribution in [1.82, 2.24) is 10.0 Å². The molecule has 114 valence electrons. The number of halogens is 1. The molecule has 4 nitrogen and oxygen atoms in total. The van der Waals surface area contributed by atoms with Gasteiger partial charge in [-0.15, -0.1) is 0 Å². The van der Waals surface area contributed by atoms with Gasteiger partial charge in [0.05, 0.1) is 4.90 Å². The third kappa shape index (κ3) is 4.85. The summed E-state index contributed by atoms with van der Waals surface area (Å²) in [7, 11) is -3.58. The van der Waals surface area contributed by atoms with Crippen molar-refractivity contribution < 1.29 is 12.8 Å². The van der Waals surface area contributed by atoms with E-state index >= 15 is 0 Å². The minimum absolute atomic E-state index is 0.177. The molecule has 0 fully saturated rings. The molecule has 0 radical (unpaired) electrons. The Bertz CT molecular complexity index is 533. The minimum Gasteiger partial charge on any atom is -0.314 e. The van der Waals surface area contributed by atoms with Gasteiger partial charge in [0.25, 0.3) is 0 Å². The molecule has 0 aliphatic rings. The van der Waals surface area contributed by atoms with Crippen LogP contribution in [0.25, 0.3) is 0 Å². The Morgan fingerprint density at radius 2 is 1.70 bits per heavy atom. The second-order valence-corrected chi connectivity index (χ2v) is 6.93. The first-order valence-electron chi connectivity index (χ1n) is 6.74. The monoisotopic (exact) mass is 302 g/mol. The highest BCUT2D eigenvalue weighted by Gasteiger charge is 2.19. The number of nitrogens with one attached hydrogen (secondary N) is 2. The molecule has 0 saturated carbocycles. The van der Waals surface area contributed by atoms with E-state index in [2.05, 4.69) is 10.0 Å². The summed E-state index contributed by atoms with van der Waals surface area (Å²) < 4.78 is 40.2. The molecule has 0 aliphatic heterocycles. The highest BCUT2D eigenvalue weighted by Crippen LogP contribution is 2.21. The summed E-state index contributed by atoms with van der Waals surface area (Å²) in [6, 6.07) is 2.86. The summed E-state index contributed by atoms with van der Waals surface area (Å²) in [5.41, 5.74) is 0.852. The summed E-state index contributed by atoms with van der Waals surface area (Å²) >= 11 is 0. The lowest BCUT2D eigenvalue weighted by atomic mass is 10.1. The molecule has 0 amide bonds. The molecule has 0 bridgehead atoms. The lowest BCUT2D eigenvalue weighted by Crippen LogP contribution is -2.30. The van der Waals surface area contributed by atoms with Crippen LogP contribution in [0, 0.1) is 19.7 Å². The first-order chi connectivity index (χ1) is 9.24. The smallest absolute Gasteiger partial charge is 0.241 e. The van der Waals surface area contributed by atoms with Gasteiger partial charge in [-0.3, -0.25) is 0 Å². The van der Waals surface area contributed by atoms with Gasteiger partial charge >= 0.3 is 0 Å². The molecule has 0 aliphatic carbocycles. The molecule has 1 aromatic rings. The van der Waals surface area contributed by atoms with Crippen LogP contribution < -0.4 is 10.0 Å². The van der Waals surface area contributed by atoms with Crippen molar-refractivity contribution in [1.29, 1.82) is 0 Å². The zero-order valence-corrected chi connectivity index (χ0v) is 13.3. The predicted molar refractivity (Wildman–Crippen MR) is 78.8 cm³/mol. The molecule has 0 atom stereocenters. The van der Waals surface area contributed by atoms with Gasteiger partial charge in [-0.2, -0.15) is 0 Å². The average molecular weight is 302 g/mol. The molecule has 0 aromatic heterocycles. The first-order valence-corrected chi connectivity index (χ1v) is 8.22. The predicted octanol–water partition coefficient (Wildman–Crippen LogP) is 2.11. The van der Waals surface area contributed by atoms with E-state index in [9.17, 15) is 12.8 Å². The van der Waals surface area contributed by atoms with E-state index in [4.69, 9.17) is 0 Å². The largest absolute Gasteiger partial charge is 0.314 e. The lowest BCUT2D eigenvalue weighted by molar-refractivity contribution is 0.553. The van der Waals surface area contributed by atoms with Crippen LogP contribution in [0.4, 0.5) is 4.39 Å². The molecule has 20 heavy (non-hydrogen) atoms. The van der Waals surface area contributed by atoms with Crippen molar-refractivity contribution in [2.75, 3.05) is 13.1 Å². The van der Waals surface area contributed by atoms with Crippen molar-refractivity contribution in [3.8, 4) is 0 Å². The lowest BCUT2D eigenvalue weighted by Gasteiger charge is -2.13. The van der Waals surface area contributed by atoms with Gasteiger partial charge in [-0.1, -0.05) is 13.8 Å². The van der Waals surface area contributed by atoms with Gasteiger partial charge in [0, 0.05) is 12.6 Å². The van der Waals surface area contributed by atoms with Gasteiger partial charge in [0.2, 0.25) is 10.0 Å². The highest BCUT2D eigenvalue weighted by atomic mass is 32.2. The molecule has 6 heteroatoms. The maximum atomic E-state index is 13.2. The van der Waals surface area contributed by atoms with Gasteiger partial charge < -0.3 is 5.32 Å². The van der Waals surface area contributed by atoms with Crippen LogP contribution in [0.2, 0.25) is 0 Å². The van der Waals surface area contributed by atoms with E-state index in [1.165, 1.54) is 12.1 Å². The van der Waals surface area contributed by atoms with Crippen LogP contribution in [0.5, 0.6) is 0 Å². The minimum atomic E-state index is -3.58. The third-order valence-corrected chi connectivity index (χ3v) is 4.66. The zero-order valence-electron chi connectivity index (χ0n) is 12.5. The highest BCUT2D eigenvalue weighted by molar-refractivity contribution is 7.89. The van der Waals surface area contributed by atoms with E-state index in [0.717, 1.165) is 6.54 Å². The Morgan fingerprint density at radius 3 is 2.20 bits per heavy atom. The standard InChI is InChI=1S/C14H23FN2O2S/c1-10(2)16-6-5-7-17-20(18,19)14-11(3)8-13(15)9-12(14)4/h8-10,16-17H,5-7H2,1-4H3. The fraction of sp³-hybridized carbons (Fsp3) is 0.571. The Hall–Kier alpha value is -0.980. The Balaban J connectivity index is 2.70. The molecule has 0 heterocycles. The van der Waals surface area contributed by atoms with E-state index < -0.39 is 15.8 Å². The number of aryl methyl sites for hydroxylation is 2. The Morgan fingerprint density at radius 1 is 1.15 bits per heavy atom. The quantitative estimate of drug-likeness (QED) is 0.759. The van der Waals surface area contributed by atoms with Crippen LogP contribution in [0.3, 0.4) is 0 Å². The number of benzene rings is 1. The number of hydrogen-bond donors (Lipinski definition) is 2. The van der Waals surface area contributed by atoms with Crippen LogP contribution >= 0.6 is 0 Å². The van der Waals surface area contributed by atoms with E-state index in [1.54, 1.807) is 13.8 Å². The van der Waals surface area contributed by atoms with Gasteiger partial charge in [-0.05, 0) is 50.1 Å². The molecule has 0 spiro atoms. The summed E-state index contributed by atoms with van der Waals surface area (Å²) in [6.45, 7) is 8.39. The normalized spacial score (nSPS) is 12.1. The van der Waals surface area contributed by atoms with Crippen LogP contribution in [-0.2, 0) is 10.0 Å². The number of rotatable bonds is 7. The van der Waals surface area contributed by atoms with Crippen LogP contribution in [-0.4, -0.2) is 27.5 Å². The van der Waals surface area contributed by atoms with Crippen molar-refractivity contribution in [3.63, 3.8) is 0 Å². The van der Waals surface area contributed by atoms with E-state index in [0.29, 0.717) is 30.1 Å². The molecule has 1 aromatic carbocycles. The molecule has 0 unspecified atom stereocenters. The topological polar surface area (TPSA) is 58.2 Å². The van der Waals surface area contributed by atoms with Gasteiger partial charge in [0.15, 0.2) is 0 Å². The second kappa shape index (κ2) is 7.15.